The molecule has 4 heteroatoms. The van der Waals surface area contributed by atoms with Gasteiger partial charge in [-0.15, -0.1) is 0 Å². The SMILES string of the molecule is CCC(CC)(C(O)Cc1ccnc(N)c1)N1CCCC1. The number of hydrogen-bond acceptors (Lipinski definition) is 4. The first-order valence-electron chi connectivity index (χ1n) is 7.76. The number of rotatable bonds is 6. The highest BCUT2D eigenvalue weighted by Crippen LogP contribution is 2.33. The molecule has 3 N–H and O–H groups in total. The topological polar surface area (TPSA) is 62.4 Å². The fourth-order valence-electron chi connectivity index (χ4n) is 3.58. The van der Waals surface area contributed by atoms with E-state index in [9.17, 15) is 5.11 Å². The van der Waals surface area contributed by atoms with Crippen LogP contribution < -0.4 is 5.73 Å². The number of anilines is 1. The minimum atomic E-state index is -0.364. The van der Waals surface area contributed by atoms with Crippen molar-refractivity contribution >= 4 is 5.82 Å². The second-order valence-electron chi connectivity index (χ2n) is 5.81. The van der Waals surface area contributed by atoms with Crippen molar-refractivity contribution in [3.63, 3.8) is 0 Å². The second-order valence-corrected chi connectivity index (χ2v) is 5.81. The van der Waals surface area contributed by atoms with Crippen LogP contribution in [0.2, 0.25) is 0 Å². The third kappa shape index (κ3) is 2.96. The number of nitrogen functional groups attached to an aromatic ring is 1. The standard InChI is InChI=1S/C16H27N3O/c1-3-16(4-2,19-9-5-6-10-19)14(20)11-13-7-8-18-15(17)12-13/h7-8,12,14,20H,3-6,9-11H2,1-2H3,(H2,17,18). The molecule has 0 amide bonds. The molecular weight excluding hydrogens is 250 g/mol. The minimum Gasteiger partial charge on any atom is -0.391 e. The van der Waals surface area contributed by atoms with Gasteiger partial charge in [0.25, 0.3) is 0 Å². The molecule has 0 aliphatic carbocycles. The van der Waals surface area contributed by atoms with Crippen molar-refractivity contribution in [2.24, 2.45) is 0 Å². The van der Waals surface area contributed by atoms with Gasteiger partial charge < -0.3 is 10.8 Å². The number of hydrogen-bond donors (Lipinski definition) is 2. The van der Waals surface area contributed by atoms with E-state index in [-0.39, 0.29) is 11.6 Å². The first-order valence-corrected chi connectivity index (χ1v) is 7.76. The summed E-state index contributed by atoms with van der Waals surface area (Å²) in [5.41, 5.74) is 6.69. The van der Waals surface area contributed by atoms with Crippen LogP contribution in [-0.2, 0) is 6.42 Å². The Balaban J connectivity index is 2.16. The molecule has 0 bridgehead atoms. The Hall–Kier alpha value is -1.13. The van der Waals surface area contributed by atoms with Crippen LogP contribution in [-0.4, -0.2) is 39.7 Å². The Morgan fingerprint density at radius 2 is 2.00 bits per heavy atom. The van der Waals surface area contributed by atoms with Crippen molar-refractivity contribution in [1.29, 1.82) is 0 Å². The zero-order valence-electron chi connectivity index (χ0n) is 12.7. The second kappa shape index (κ2) is 6.55. The third-order valence-electron chi connectivity index (χ3n) is 4.86. The molecule has 2 rings (SSSR count). The van der Waals surface area contributed by atoms with Gasteiger partial charge in [-0.3, -0.25) is 4.90 Å². The highest BCUT2D eigenvalue weighted by molar-refractivity contribution is 5.32. The number of aromatic nitrogens is 1. The van der Waals surface area contributed by atoms with Gasteiger partial charge in [-0.1, -0.05) is 13.8 Å². The molecule has 2 heterocycles. The summed E-state index contributed by atoms with van der Waals surface area (Å²) >= 11 is 0. The predicted octanol–water partition coefficient (Wildman–Crippen LogP) is 2.22. The lowest BCUT2D eigenvalue weighted by Gasteiger charge is -2.44. The maximum absolute atomic E-state index is 10.9. The Kier molecular flexibility index (Phi) is 5.00. The van der Waals surface area contributed by atoms with Crippen LogP contribution in [0, 0.1) is 0 Å². The number of nitrogens with two attached hydrogens (primary N) is 1. The molecule has 0 saturated carbocycles. The van der Waals surface area contributed by atoms with Crippen LogP contribution >= 0.6 is 0 Å². The maximum Gasteiger partial charge on any atom is 0.123 e. The van der Waals surface area contributed by atoms with Crippen molar-refractivity contribution in [1.82, 2.24) is 9.88 Å². The summed E-state index contributed by atoms with van der Waals surface area (Å²) in [6.45, 7) is 6.59. The largest absolute Gasteiger partial charge is 0.391 e. The lowest BCUT2D eigenvalue weighted by atomic mass is 9.82. The summed E-state index contributed by atoms with van der Waals surface area (Å²) < 4.78 is 0. The summed E-state index contributed by atoms with van der Waals surface area (Å²) in [6, 6.07) is 3.81. The molecule has 1 aromatic rings. The smallest absolute Gasteiger partial charge is 0.123 e. The number of aliphatic hydroxyl groups excluding tert-OH is 1. The van der Waals surface area contributed by atoms with Crippen molar-refractivity contribution in [2.45, 2.75) is 57.6 Å². The monoisotopic (exact) mass is 277 g/mol. The Morgan fingerprint density at radius 1 is 1.35 bits per heavy atom. The van der Waals surface area contributed by atoms with Crippen LogP contribution in [0.3, 0.4) is 0 Å². The molecule has 1 unspecified atom stereocenters. The van der Waals surface area contributed by atoms with Gasteiger partial charge in [0, 0.05) is 18.2 Å². The molecule has 1 aliphatic rings. The van der Waals surface area contributed by atoms with Crippen LogP contribution in [0.4, 0.5) is 5.82 Å². The summed E-state index contributed by atoms with van der Waals surface area (Å²) in [4.78, 5) is 6.50. The summed E-state index contributed by atoms with van der Waals surface area (Å²) in [6.07, 6.45) is 6.44. The number of pyridine rings is 1. The highest BCUT2D eigenvalue weighted by atomic mass is 16.3. The van der Waals surface area contributed by atoms with Crippen molar-refractivity contribution in [3.8, 4) is 0 Å². The van der Waals surface area contributed by atoms with Gasteiger partial charge >= 0.3 is 0 Å². The number of likely N-dealkylation sites (tertiary alicyclic amines) is 1. The van der Waals surface area contributed by atoms with E-state index in [1.54, 1.807) is 6.20 Å². The molecular formula is C16H27N3O. The molecule has 0 spiro atoms. The number of nitrogens with zero attached hydrogens (tertiary/aromatic N) is 2. The van der Waals surface area contributed by atoms with Gasteiger partial charge in [0.2, 0.25) is 0 Å². The van der Waals surface area contributed by atoms with E-state index >= 15 is 0 Å². The van der Waals surface area contributed by atoms with E-state index in [4.69, 9.17) is 5.73 Å². The van der Waals surface area contributed by atoms with Gasteiger partial charge in [0.1, 0.15) is 5.82 Å². The van der Waals surface area contributed by atoms with E-state index in [1.807, 2.05) is 12.1 Å². The average molecular weight is 277 g/mol. The van der Waals surface area contributed by atoms with Crippen molar-refractivity contribution in [2.75, 3.05) is 18.8 Å². The Morgan fingerprint density at radius 3 is 2.55 bits per heavy atom. The Bertz CT molecular complexity index is 425. The molecule has 1 aromatic heterocycles. The zero-order valence-corrected chi connectivity index (χ0v) is 12.7. The predicted molar refractivity (Wildman–Crippen MR) is 82.5 cm³/mol. The highest BCUT2D eigenvalue weighted by Gasteiger charge is 2.41. The van der Waals surface area contributed by atoms with E-state index in [0.29, 0.717) is 12.2 Å². The van der Waals surface area contributed by atoms with Crippen molar-refractivity contribution in [3.05, 3.63) is 23.9 Å². The fraction of sp³-hybridized carbons (Fsp3) is 0.688. The van der Waals surface area contributed by atoms with Crippen LogP contribution in [0.5, 0.6) is 0 Å². The van der Waals surface area contributed by atoms with Crippen molar-refractivity contribution < 1.29 is 5.11 Å². The molecule has 1 atom stereocenters. The maximum atomic E-state index is 10.9. The van der Waals surface area contributed by atoms with Gasteiger partial charge in [-0.05, 0) is 56.5 Å². The summed E-state index contributed by atoms with van der Waals surface area (Å²) in [7, 11) is 0. The summed E-state index contributed by atoms with van der Waals surface area (Å²) in [5.74, 6) is 0.523. The molecule has 20 heavy (non-hydrogen) atoms. The molecule has 0 aromatic carbocycles. The lowest BCUT2D eigenvalue weighted by molar-refractivity contribution is -0.0269. The van der Waals surface area contributed by atoms with Gasteiger partial charge in [0.15, 0.2) is 0 Å². The Labute approximate surface area is 122 Å². The molecule has 112 valence electrons. The number of aliphatic hydroxyl groups is 1. The quantitative estimate of drug-likeness (QED) is 0.837. The minimum absolute atomic E-state index is 0.103. The van der Waals surface area contributed by atoms with Crippen LogP contribution in [0.15, 0.2) is 18.3 Å². The van der Waals surface area contributed by atoms with E-state index in [1.165, 1.54) is 12.8 Å². The molecule has 1 fully saturated rings. The molecule has 0 radical (unpaired) electrons. The van der Waals surface area contributed by atoms with Crippen LogP contribution in [0.1, 0.15) is 45.1 Å². The normalized spacial score (nSPS) is 18.4. The molecule has 4 nitrogen and oxygen atoms in total. The molecule has 1 saturated heterocycles. The van der Waals surface area contributed by atoms with Gasteiger partial charge in [-0.2, -0.15) is 0 Å². The van der Waals surface area contributed by atoms with Gasteiger partial charge in [0.05, 0.1) is 6.10 Å². The third-order valence-corrected chi connectivity index (χ3v) is 4.86. The fourth-order valence-corrected chi connectivity index (χ4v) is 3.58. The van der Waals surface area contributed by atoms with E-state index < -0.39 is 0 Å². The van der Waals surface area contributed by atoms with Crippen LogP contribution in [0.25, 0.3) is 0 Å². The first kappa shape index (κ1) is 15.3. The molecule has 1 aliphatic heterocycles. The van der Waals surface area contributed by atoms with E-state index in [0.717, 1.165) is 31.5 Å². The summed E-state index contributed by atoms with van der Waals surface area (Å²) in [5, 5.41) is 10.9. The zero-order chi connectivity index (χ0) is 14.6. The van der Waals surface area contributed by atoms with Gasteiger partial charge in [-0.25, -0.2) is 4.98 Å². The average Bonchev–Trinajstić information content (AvgIpc) is 2.95. The first-order chi connectivity index (χ1) is 9.62. The lowest BCUT2D eigenvalue weighted by Crippen LogP contribution is -2.55. The van der Waals surface area contributed by atoms with E-state index in [2.05, 4.69) is 23.7 Å².